The summed E-state index contributed by atoms with van der Waals surface area (Å²) >= 11 is 5.53. The highest BCUT2D eigenvalue weighted by Gasteiger charge is 2.19. The zero-order valence-corrected chi connectivity index (χ0v) is 14.8. The first-order valence-electron chi connectivity index (χ1n) is 8.45. The van der Waals surface area contributed by atoms with Crippen molar-refractivity contribution in [3.8, 4) is 5.69 Å². The van der Waals surface area contributed by atoms with E-state index >= 15 is 0 Å². The molecule has 7 heteroatoms. The van der Waals surface area contributed by atoms with Crippen molar-refractivity contribution in [1.82, 2.24) is 19.5 Å². The fourth-order valence-corrected chi connectivity index (χ4v) is 3.50. The van der Waals surface area contributed by atoms with Crippen LogP contribution in [0.15, 0.2) is 41.5 Å². The number of aromatic amines is 1. The minimum Gasteiger partial charge on any atom is -0.342 e. The molecule has 3 aromatic rings. The summed E-state index contributed by atoms with van der Waals surface area (Å²) in [5.41, 5.74) is 1.03. The van der Waals surface area contributed by atoms with E-state index in [-0.39, 0.29) is 5.56 Å². The molecule has 2 aromatic heterocycles. The van der Waals surface area contributed by atoms with Gasteiger partial charge in [0.2, 0.25) is 5.95 Å². The maximum Gasteiger partial charge on any atom is 0.264 e. The Hall–Kier alpha value is -2.54. The fraction of sp³-hybridized carbons (Fsp3) is 0.333. The lowest BCUT2D eigenvalue weighted by Crippen LogP contribution is -2.35. The van der Waals surface area contributed by atoms with E-state index in [1.165, 1.54) is 0 Å². The number of nitrogens with zero attached hydrogens (tertiary/aromatic N) is 4. The van der Waals surface area contributed by atoms with E-state index in [4.69, 9.17) is 12.2 Å². The third-order valence-corrected chi connectivity index (χ3v) is 5.13. The molecule has 0 bridgehead atoms. The summed E-state index contributed by atoms with van der Waals surface area (Å²) in [5.74, 6) is 1.30. The van der Waals surface area contributed by atoms with Crippen LogP contribution in [-0.4, -0.2) is 32.6 Å². The second-order valence-electron chi connectivity index (χ2n) is 6.51. The SMILES string of the molecule is CC1CCN(c2nc3ncn(-c4ccccc4)c(=S)c3c(=O)[nH]2)CC1. The van der Waals surface area contributed by atoms with Crippen LogP contribution in [0.25, 0.3) is 16.7 Å². The molecule has 25 heavy (non-hydrogen) atoms. The smallest absolute Gasteiger partial charge is 0.264 e. The Bertz CT molecular complexity index is 1020. The molecule has 0 atom stereocenters. The zero-order chi connectivity index (χ0) is 17.4. The van der Waals surface area contributed by atoms with Gasteiger partial charge in [0, 0.05) is 18.8 Å². The third-order valence-electron chi connectivity index (χ3n) is 4.73. The largest absolute Gasteiger partial charge is 0.342 e. The number of piperidine rings is 1. The topological polar surface area (TPSA) is 66.8 Å². The minimum atomic E-state index is -0.235. The van der Waals surface area contributed by atoms with Crippen LogP contribution in [0.1, 0.15) is 19.8 Å². The van der Waals surface area contributed by atoms with E-state index in [9.17, 15) is 4.79 Å². The molecule has 0 spiro atoms. The number of H-pyrrole nitrogens is 1. The van der Waals surface area contributed by atoms with Gasteiger partial charge in [0.1, 0.15) is 16.4 Å². The minimum absolute atomic E-state index is 0.235. The van der Waals surface area contributed by atoms with Gasteiger partial charge >= 0.3 is 0 Å². The maximum atomic E-state index is 12.7. The average molecular weight is 353 g/mol. The van der Waals surface area contributed by atoms with Crippen molar-refractivity contribution in [2.24, 2.45) is 5.92 Å². The van der Waals surface area contributed by atoms with Crippen LogP contribution in [-0.2, 0) is 0 Å². The molecule has 6 nitrogen and oxygen atoms in total. The third kappa shape index (κ3) is 2.95. The lowest BCUT2D eigenvalue weighted by atomic mass is 10.00. The van der Waals surface area contributed by atoms with Gasteiger partial charge in [-0.25, -0.2) is 4.98 Å². The normalized spacial score (nSPS) is 15.6. The molecule has 0 amide bonds. The molecular weight excluding hydrogens is 334 g/mol. The van der Waals surface area contributed by atoms with Crippen LogP contribution in [0.3, 0.4) is 0 Å². The van der Waals surface area contributed by atoms with E-state index in [1.807, 2.05) is 30.3 Å². The molecule has 3 heterocycles. The number of aromatic nitrogens is 4. The van der Waals surface area contributed by atoms with Crippen LogP contribution in [0.2, 0.25) is 0 Å². The summed E-state index contributed by atoms with van der Waals surface area (Å²) in [6.45, 7) is 4.04. The van der Waals surface area contributed by atoms with Gasteiger partial charge in [-0.05, 0) is 30.9 Å². The summed E-state index contributed by atoms with van der Waals surface area (Å²) in [5, 5.41) is 0.357. The molecule has 1 N–H and O–H groups in total. The molecule has 128 valence electrons. The Morgan fingerprint density at radius 2 is 1.92 bits per heavy atom. The molecular formula is C18H19N5OS. The molecule has 1 fully saturated rings. The maximum absolute atomic E-state index is 12.7. The highest BCUT2D eigenvalue weighted by Crippen LogP contribution is 2.20. The Labute approximate surface area is 150 Å². The van der Waals surface area contributed by atoms with Crippen molar-refractivity contribution in [1.29, 1.82) is 0 Å². The van der Waals surface area contributed by atoms with E-state index in [0.29, 0.717) is 27.5 Å². The van der Waals surface area contributed by atoms with E-state index < -0.39 is 0 Å². The highest BCUT2D eigenvalue weighted by atomic mass is 32.1. The van der Waals surface area contributed by atoms with Gasteiger partial charge in [0.05, 0.1) is 0 Å². The molecule has 4 rings (SSSR count). The van der Waals surface area contributed by atoms with Crippen molar-refractivity contribution in [2.75, 3.05) is 18.0 Å². The first-order valence-corrected chi connectivity index (χ1v) is 8.86. The summed E-state index contributed by atoms with van der Waals surface area (Å²) in [7, 11) is 0. The molecule has 0 unspecified atom stereocenters. The Morgan fingerprint density at radius 3 is 2.64 bits per heavy atom. The van der Waals surface area contributed by atoms with Gasteiger partial charge in [0.25, 0.3) is 5.56 Å². The predicted molar refractivity (Wildman–Crippen MR) is 101 cm³/mol. The molecule has 1 aliphatic heterocycles. The second-order valence-corrected chi connectivity index (χ2v) is 6.90. The first kappa shape index (κ1) is 16.0. The van der Waals surface area contributed by atoms with Crippen molar-refractivity contribution in [3.63, 3.8) is 0 Å². The fourth-order valence-electron chi connectivity index (χ4n) is 3.16. The van der Waals surface area contributed by atoms with E-state index in [0.717, 1.165) is 31.6 Å². The first-order chi connectivity index (χ1) is 12.1. The van der Waals surface area contributed by atoms with Gasteiger partial charge in [-0.3, -0.25) is 14.3 Å². The Balaban J connectivity index is 1.81. The van der Waals surface area contributed by atoms with Gasteiger partial charge in [-0.2, -0.15) is 4.98 Å². The van der Waals surface area contributed by atoms with Crippen LogP contribution in [0, 0.1) is 10.6 Å². The quantitative estimate of drug-likeness (QED) is 0.717. The van der Waals surface area contributed by atoms with Crippen molar-refractivity contribution in [2.45, 2.75) is 19.8 Å². The van der Waals surface area contributed by atoms with Crippen LogP contribution in [0.5, 0.6) is 0 Å². The molecule has 1 aliphatic rings. The van der Waals surface area contributed by atoms with Gasteiger partial charge < -0.3 is 4.90 Å². The number of anilines is 1. The molecule has 0 radical (unpaired) electrons. The van der Waals surface area contributed by atoms with Crippen molar-refractivity contribution >= 4 is 29.2 Å². The zero-order valence-electron chi connectivity index (χ0n) is 14.0. The highest BCUT2D eigenvalue weighted by molar-refractivity contribution is 7.71. The van der Waals surface area contributed by atoms with Gasteiger partial charge in [0.15, 0.2) is 5.65 Å². The van der Waals surface area contributed by atoms with Crippen molar-refractivity contribution < 1.29 is 0 Å². The number of fused-ring (bicyclic) bond motifs is 1. The number of benzene rings is 1. The number of para-hydroxylation sites is 1. The molecule has 0 aliphatic carbocycles. The van der Waals surface area contributed by atoms with Crippen LogP contribution in [0.4, 0.5) is 5.95 Å². The van der Waals surface area contributed by atoms with Crippen molar-refractivity contribution in [3.05, 3.63) is 51.7 Å². The summed E-state index contributed by atoms with van der Waals surface area (Å²) in [6, 6.07) is 9.62. The van der Waals surface area contributed by atoms with Gasteiger partial charge in [-0.1, -0.05) is 37.3 Å². The Morgan fingerprint density at radius 1 is 1.20 bits per heavy atom. The number of hydrogen-bond donors (Lipinski definition) is 1. The summed E-state index contributed by atoms with van der Waals surface area (Å²) in [4.78, 5) is 26.6. The lowest BCUT2D eigenvalue weighted by molar-refractivity contribution is 0.434. The van der Waals surface area contributed by atoms with Gasteiger partial charge in [-0.15, -0.1) is 0 Å². The molecule has 1 aromatic carbocycles. The van der Waals surface area contributed by atoms with Crippen LogP contribution >= 0.6 is 12.2 Å². The summed E-state index contributed by atoms with van der Waals surface area (Å²) < 4.78 is 2.15. The van der Waals surface area contributed by atoms with E-state index in [2.05, 4.69) is 26.8 Å². The average Bonchev–Trinajstić information content (AvgIpc) is 2.63. The molecule has 1 saturated heterocycles. The van der Waals surface area contributed by atoms with Crippen LogP contribution < -0.4 is 10.5 Å². The number of nitrogens with one attached hydrogen (secondary N) is 1. The van der Waals surface area contributed by atoms with E-state index in [1.54, 1.807) is 10.9 Å². The number of rotatable bonds is 2. The lowest BCUT2D eigenvalue weighted by Gasteiger charge is -2.30. The number of hydrogen-bond acceptors (Lipinski definition) is 5. The molecule has 0 saturated carbocycles. The Kier molecular flexibility index (Phi) is 4.09. The standard InChI is InChI=1S/C18H19N5OS/c1-12-7-9-22(10-8-12)18-20-15-14(16(24)21-18)17(25)23(11-19-15)13-5-3-2-4-6-13/h2-6,11-12H,7-10H2,1H3,(H,20,21,24). The second kappa shape index (κ2) is 6.40. The predicted octanol–water partition coefficient (Wildman–Crippen LogP) is 3.07. The summed E-state index contributed by atoms with van der Waals surface area (Å²) in [6.07, 6.45) is 3.84. The monoisotopic (exact) mass is 353 g/mol.